The molecule has 3 aromatic rings. The fraction of sp³-hybridized carbons (Fsp3) is 0.111. The van der Waals surface area contributed by atoms with Crippen molar-refractivity contribution in [2.75, 3.05) is 10.6 Å². The molecule has 0 aliphatic heterocycles. The molecule has 0 spiro atoms. The lowest BCUT2D eigenvalue weighted by Crippen LogP contribution is -2.31. The number of halogens is 1. The molecule has 9 heteroatoms. The summed E-state index contributed by atoms with van der Waals surface area (Å²) in [5, 5.41) is 11.2. The first-order valence-electron chi connectivity index (χ1n) is 8.01. The molecule has 0 saturated heterocycles. The average Bonchev–Trinajstić information content (AvgIpc) is 3.18. The number of hydrogen-bond donors (Lipinski definition) is 3. The number of aromatic nitrogens is 2. The molecule has 1 aromatic carbocycles. The molecular weight excluding hydrogens is 446 g/mol. The number of benzene rings is 1. The first-order valence-corrected chi connectivity index (χ1v) is 10.2. The number of thiocarbonyl (C=S) groups is 1. The van der Waals surface area contributed by atoms with E-state index < -0.39 is 0 Å². The molecule has 0 radical (unpaired) electrons. The zero-order valence-electron chi connectivity index (χ0n) is 14.3. The first-order chi connectivity index (χ1) is 13.0. The van der Waals surface area contributed by atoms with Crippen LogP contribution in [0, 0.1) is 0 Å². The topological polar surface area (TPSA) is 78.9 Å². The molecule has 138 valence electrons. The van der Waals surface area contributed by atoms with E-state index >= 15 is 0 Å². The summed E-state index contributed by atoms with van der Waals surface area (Å²) in [7, 11) is 0. The molecule has 6 nitrogen and oxygen atoms in total. The zero-order chi connectivity index (χ0) is 19.2. The molecular formula is C18H16BrN5OS2. The van der Waals surface area contributed by atoms with Crippen LogP contribution in [0.2, 0.25) is 0 Å². The molecule has 1 amide bonds. The predicted octanol–water partition coefficient (Wildman–Crippen LogP) is 4.60. The van der Waals surface area contributed by atoms with E-state index in [1.54, 1.807) is 29.2 Å². The molecule has 2 aromatic heterocycles. The van der Waals surface area contributed by atoms with Gasteiger partial charge in [0.15, 0.2) is 10.9 Å². The van der Waals surface area contributed by atoms with E-state index in [0.717, 1.165) is 10.0 Å². The SMILES string of the molecule is CC(NC(=S)Nc1cccnc1NC(=O)c1cscn1)c1ccccc1Br. The van der Waals surface area contributed by atoms with E-state index in [1.165, 1.54) is 11.3 Å². The Morgan fingerprint density at radius 1 is 1.19 bits per heavy atom. The van der Waals surface area contributed by atoms with Crippen molar-refractivity contribution < 1.29 is 4.79 Å². The third-order valence-corrected chi connectivity index (χ3v) is 5.20. The van der Waals surface area contributed by atoms with Gasteiger partial charge in [0.05, 0.1) is 17.2 Å². The fourth-order valence-corrected chi connectivity index (χ4v) is 3.81. The monoisotopic (exact) mass is 461 g/mol. The Bertz CT molecular complexity index is 948. The largest absolute Gasteiger partial charge is 0.356 e. The number of nitrogens with zero attached hydrogens (tertiary/aromatic N) is 2. The number of pyridine rings is 1. The van der Waals surface area contributed by atoms with Gasteiger partial charge in [0, 0.05) is 16.0 Å². The number of carbonyl (C=O) groups excluding carboxylic acids is 1. The van der Waals surface area contributed by atoms with Crippen LogP contribution in [-0.2, 0) is 0 Å². The molecule has 2 heterocycles. The summed E-state index contributed by atoms with van der Waals surface area (Å²) >= 11 is 10.3. The second kappa shape index (κ2) is 9.03. The highest BCUT2D eigenvalue weighted by molar-refractivity contribution is 9.10. The second-order valence-electron chi connectivity index (χ2n) is 5.57. The average molecular weight is 462 g/mol. The Kier molecular flexibility index (Phi) is 6.49. The van der Waals surface area contributed by atoms with Gasteiger partial charge in [0.1, 0.15) is 5.69 Å². The van der Waals surface area contributed by atoms with E-state index in [4.69, 9.17) is 12.2 Å². The minimum atomic E-state index is -0.321. The van der Waals surface area contributed by atoms with Crippen LogP contribution >= 0.6 is 39.5 Å². The molecule has 1 atom stereocenters. The Balaban J connectivity index is 1.67. The fourth-order valence-electron chi connectivity index (χ4n) is 2.36. The van der Waals surface area contributed by atoms with Gasteiger partial charge in [0.2, 0.25) is 0 Å². The van der Waals surface area contributed by atoms with Crippen molar-refractivity contribution in [3.63, 3.8) is 0 Å². The number of amides is 1. The van der Waals surface area contributed by atoms with Gasteiger partial charge in [-0.15, -0.1) is 11.3 Å². The Hall–Kier alpha value is -2.36. The summed E-state index contributed by atoms with van der Waals surface area (Å²) in [5.41, 5.74) is 3.64. The normalized spacial score (nSPS) is 11.5. The molecule has 27 heavy (non-hydrogen) atoms. The van der Waals surface area contributed by atoms with Crippen molar-refractivity contribution in [3.8, 4) is 0 Å². The standard InChI is InChI=1S/C18H16BrN5OS2/c1-11(12-5-2-3-6-13(12)19)22-18(26)23-14-7-4-8-20-16(14)24-17(25)15-9-27-10-21-15/h2-11H,1H3,(H,20,24,25)(H2,22,23,26). The van der Waals surface area contributed by atoms with Crippen LogP contribution in [0.15, 0.2) is 58.0 Å². The molecule has 3 N–H and O–H groups in total. The van der Waals surface area contributed by atoms with Crippen LogP contribution in [0.5, 0.6) is 0 Å². The molecule has 0 aliphatic rings. The summed E-state index contributed by atoms with van der Waals surface area (Å²) in [4.78, 5) is 20.4. The van der Waals surface area contributed by atoms with Crippen LogP contribution < -0.4 is 16.0 Å². The maximum Gasteiger partial charge on any atom is 0.276 e. The molecule has 3 rings (SSSR count). The van der Waals surface area contributed by atoms with Gasteiger partial charge in [-0.3, -0.25) is 4.79 Å². The highest BCUT2D eigenvalue weighted by Crippen LogP contribution is 2.23. The van der Waals surface area contributed by atoms with Crippen molar-refractivity contribution in [2.24, 2.45) is 0 Å². The maximum absolute atomic E-state index is 12.2. The Morgan fingerprint density at radius 3 is 2.74 bits per heavy atom. The number of thiazole rings is 1. The molecule has 0 bridgehead atoms. The maximum atomic E-state index is 12.2. The smallest absolute Gasteiger partial charge is 0.276 e. The molecule has 0 aliphatic carbocycles. The number of carbonyl (C=O) groups is 1. The van der Waals surface area contributed by atoms with E-state index in [1.807, 2.05) is 31.2 Å². The van der Waals surface area contributed by atoms with E-state index in [9.17, 15) is 4.79 Å². The summed E-state index contributed by atoms with van der Waals surface area (Å²) in [6, 6.07) is 11.5. The van der Waals surface area contributed by atoms with Crippen LogP contribution in [0.4, 0.5) is 11.5 Å². The Morgan fingerprint density at radius 2 is 2.00 bits per heavy atom. The van der Waals surface area contributed by atoms with Crippen molar-refractivity contribution in [1.29, 1.82) is 0 Å². The van der Waals surface area contributed by atoms with Crippen LogP contribution in [-0.4, -0.2) is 21.0 Å². The molecule has 1 unspecified atom stereocenters. The quantitative estimate of drug-likeness (QED) is 0.481. The van der Waals surface area contributed by atoms with Crippen molar-refractivity contribution in [2.45, 2.75) is 13.0 Å². The predicted molar refractivity (Wildman–Crippen MR) is 116 cm³/mol. The van der Waals surface area contributed by atoms with Crippen molar-refractivity contribution in [1.82, 2.24) is 15.3 Å². The van der Waals surface area contributed by atoms with Crippen LogP contribution in [0.1, 0.15) is 29.0 Å². The summed E-state index contributed by atoms with van der Waals surface area (Å²) in [5.74, 6) is 0.0617. The van der Waals surface area contributed by atoms with Crippen LogP contribution in [0.25, 0.3) is 0 Å². The highest BCUT2D eigenvalue weighted by Gasteiger charge is 2.14. The van der Waals surface area contributed by atoms with Gasteiger partial charge < -0.3 is 16.0 Å². The number of nitrogens with one attached hydrogen (secondary N) is 3. The van der Waals surface area contributed by atoms with Crippen molar-refractivity contribution >= 4 is 62.0 Å². The summed E-state index contributed by atoms with van der Waals surface area (Å²) < 4.78 is 1.00. The van der Waals surface area contributed by atoms with Gasteiger partial charge in [-0.25, -0.2) is 9.97 Å². The van der Waals surface area contributed by atoms with E-state index in [0.29, 0.717) is 22.3 Å². The lowest BCUT2D eigenvalue weighted by atomic mass is 10.1. The van der Waals surface area contributed by atoms with Gasteiger partial charge in [-0.05, 0) is 42.9 Å². The van der Waals surface area contributed by atoms with Crippen LogP contribution in [0.3, 0.4) is 0 Å². The lowest BCUT2D eigenvalue weighted by Gasteiger charge is -2.19. The molecule has 0 saturated carbocycles. The molecule has 0 fully saturated rings. The number of anilines is 2. The van der Waals surface area contributed by atoms with Gasteiger partial charge in [-0.1, -0.05) is 34.1 Å². The van der Waals surface area contributed by atoms with Gasteiger partial charge >= 0.3 is 0 Å². The Labute approximate surface area is 174 Å². The lowest BCUT2D eigenvalue weighted by molar-refractivity contribution is 0.102. The third kappa shape index (κ3) is 5.09. The van der Waals surface area contributed by atoms with Gasteiger partial charge in [-0.2, -0.15) is 0 Å². The zero-order valence-corrected chi connectivity index (χ0v) is 17.5. The minimum absolute atomic E-state index is 0.00899. The van der Waals surface area contributed by atoms with Gasteiger partial charge in [0.25, 0.3) is 5.91 Å². The number of hydrogen-bond acceptors (Lipinski definition) is 5. The minimum Gasteiger partial charge on any atom is -0.356 e. The third-order valence-electron chi connectivity index (χ3n) is 3.67. The summed E-state index contributed by atoms with van der Waals surface area (Å²) in [6.45, 7) is 2.02. The van der Waals surface area contributed by atoms with E-state index in [2.05, 4.69) is 41.8 Å². The number of rotatable bonds is 5. The summed E-state index contributed by atoms with van der Waals surface area (Å²) in [6.07, 6.45) is 1.60. The highest BCUT2D eigenvalue weighted by atomic mass is 79.9. The van der Waals surface area contributed by atoms with E-state index in [-0.39, 0.29) is 11.9 Å². The first kappa shape index (κ1) is 19.4. The second-order valence-corrected chi connectivity index (χ2v) is 7.55. The van der Waals surface area contributed by atoms with Crippen molar-refractivity contribution in [3.05, 3.63) is 69.2 Å².